The number of carbonyl (C=O) groups is 1. The minimum Gasteiger partial charge on any atom is -0.399 e. The number of hydrogen-bond acceptors (Lipinski definition) is 3. The number of rotatable bonds is 6. The molecule has 0 aromatic heterocycles. The molecule has 1 aromatic rings. The normalized spacial score (nSPS) is 12.8. The van der Waals surface area contributed by atoms with E-state index in [1.165, 1.54) is 6.08 Å². The first-order valence-electron chi connectivity index (χ1n) is 6.46. The van der Waals surface area contributed by atoms with Crippen molar-refractivity contribution in [3.8, 4) is 0 Å². The molecule has 1 rings (SSSR count). The highest BCUT2D eigenvalue weighted by Gasteiger charge is 2.10. The first kappa shape index (κ1) is 15.2. The molecule has 1 atom stereocenters. The van der Waals surface area contributed by atoms with Crippen LogP contribution in [0.5, 0.6) is 0 Å². The lowest BCUT2D eigenvalue weighted by Crippen LogP contribution is -2.37. The summed E-state index contributed by atoms with van der Waals surface area (Å²) in [6.07, 6.45) is 3.95. The highest BCUT2D eigenvalue weighted by Crippen LogP contribution is 2.07. The Morgan fingerprint density at radius 1 is 1.37 bits per heavy atom. The van der Waals surface area contributed by atoms with Crippen molar-refractivity contribution in [1.82, 2.24) is 5.32 Å². The number of benzene rings is 1. The lowest BCUT2D eigenvalue weighted by atomic mass is 10.0. The van der Waals surface area contributed by atoms with Crippen LogP contribution in [0.2, 0.25) is 0 Å². The summed E-state index contributed by atoms with van der Waals surface area (Å²) in [5.74, 6) is 0.232. The number of nitrogens with one attached hydrogen (secondary N) is 1. The smallest absolute Gasteiger partial charge is 0.244 e. The van der Waals surface area contributed by atoms with E-state index in [0.29, 0.717) is 11.6 Å². The summed E-state index contributed by atoms with van der Waals surface area (Å²) >= 11 is 0. The van der Waals surface area contributed by atoms with Crippen LogP contribution in [0.25, 0.3) is 6.08 Å². The molecule has 0 aliphatic rings. The second-order valence-corrected chi connectivity index (χ2v) is 5.02. The van der Waals surface area contributed by atoms with Gasteiger partial charge in [0.25, 0.3) is 0 Å². The minimum absolute atomic E-state index is 0.0420. The predicted molar refractivity (Wildman–Crippen MR) is 78.4 cm³/mol. The third-order valence-electron chi connectivity index (χ3n) is 2.69. The van der Waals surface area contributed by atoms with Crippen LogP contribution in [0.4, 0.5) is 5.69 Å². The summed E-state index contributed by atoms with van der Waals surface area (Å²) in [7, 11) is 0. The highest BCUT2D eigenvalue weighted by atomic mass is 16.3. The monoisotopic (exact) mass is 262 g/mol. The van der Waals surface area contributed by atoms with E-state index in [2.05, 4.69) is 19.2 Å². The highest BCUT2D eigenvalue weighted by molar-refractivity contribution is 5.91. The van der Waals surface area contributed by atoms with Crippen molar-refractivity contribution in [2.24, 2.45) is 5.92 Å². The van der Waals surface area contributed by atoms with Gasteiger partial charge < -0.3 is 16.2 Å². The molecule has 1 unspecified atom stereocenters. The molecule has 0 saturated heterocycles. The van der Waals surface area contributed by atoms with Crippen molar-refractivity contribution >= 4 is 17.7 Å². The number of nitrogen functional groups attached to an aromatic ring is 1. The number of amides is 1. The van der Waals surface area contributed by atoms with Crippen LogP contribution >= 0.6 is 0 Å². The lowest BCUT2D eigenvalue weighted by Gasteiger charge is -2.17. The van der Waals surface area contributed by atoms with Crippen molar-refractivity contribution < 1.29 is 9.90 Å². The molecular weight excluding hydrogens is 240 g/mol. The molecule has 4 heteroatoms. The minimum atomic E-state index is -0.198. The standard InChI is InChI=1S/C15H22N2O2/c1-11(2)9-14(10-18)17-15(19)8-5-12-3-6-13(16)7-4-12/h3-8,11,14,18H,9-10,16H2,1-2H3,(H,17,19)/b8-5+. The van der Waals surface area contributed by atoms with E-state index in [0.717, 1.165) is 12.0 Å². The van der Waals surface area contributed by atoms with Gasteiger partial charge in [-0.3, -0.25) is 4.79 Å². The van der Waals surface area contributed by atoms with Crippen LogP contribution < -0.4 is 11.1 Å². The van der Waals surface area contributed by atoms with Gasteiger partial charge in [-0.1, -0.05) is 26.0 Å². The van der Waals surface area contributed by atoms with Gasteiger partial charge in [-0.25, -0.2) is 0 Å². The van der Waals surface area contributed by atoms with E-state index in [9.17, 15) is 9.90 Å². The molecule has 104 valence electrons. The SMILES string of the molecule is CC(C)CC(CO)NC(=O)/C=C/c1ccc(N)cc1. The molecule has 0 spiro atoms. The molecule has 0 bridgehead atoms. The second kappa shape index (κ2) is 7.59. The fourth-order valence-corrected chi connectivity index (χ4v) is 1.78. The van der Waals surface area contributed by atoms with Crippen LogP contribution in [0.15, 0.2) is 30.3 Å². The maximum Gasteiger partial charge on any atom is 0.244 e. The maximum absolute atomic E-state index is 11.7. The molecule has 0 aliphatic carbocycles. The summed E-state index contributed by atoms with van der Waals surface area (Å²) in [6, 6.07) is 7.07. The summed E-state index contributed by atoms with van der Waals surface area (Å²) < 4.78 is 0. The molecular formula is C15H22N2O2. The van der Waals surface area contributed by atoms with Crippen LogP contribution in [0, 0.1) is 5.92 Å². The molecule has 0 radical (unpaired) electrons. The van der Waals surface area contributed by atoms with Gasteiger partial charge >= 0.3 is 0 Å². The van der Waals surface area contributed by atoms with Crippen LogP contribution in [-0.4, -0.2) is 23.7 Å². The maximum atomic E-state index is 11.7. The van der Waals surface area contributed by atoms with Crippen molar-refractivity contribution in [2.45, 2.75) is 26.3 Å². The molecule has 4 nitrogen and oxygen atoms in total. The topological polar surface area (TPSA) is 75.3 Å². The van der Waals surface area contributed by atoms with Crippen molar-refractivity contribution in [3.05, 3.63) is 35.9 Å². The van der Waals surface area contributed by atoms with Crippen molar-refractivity contribution in [2.75, 3.05) is 12.3 Å². The van der Waals surface area contributed by atoms with Crippen LogP contribution in [0.1, 0.15) is 25.8 Å². The molecule has 0 saturated carbocycles. The summed E-state index contributed by atoms with van der Waals surface area (Å²) in [4.78, 5) is 11.7. The number of anilines is 1. The Hall–Kier alpha value is -1.81. The van der Waals surface area contributed by atoms with Gasteiger partial charge in [-0.05, 0) is 36.1 Å². The van der Waals surface area contributed by atoms with Gasteiger partial charge in [0.05, 0.1) is 12.6 Å². The van der Waals surface area contributed by atoms with Crippen LogP contribution in [0.3, 0.4) is 0 Å². The molecule has 19 heavy (non-hydrogen) atoms. The zero-order valence-corrected chi connectivity index (χ0v) is 11.5. The summed E-state index contributed by atoms with van der Waals surface area (Å²) in [5.41, 5.74) is 7.19. The Morgan fingerprint density at radius 2 is 2.00 bits per heavy atom. The van der Waals surface area contributed by atoms with E-state index in [1.54, 1.807) is 18.2 Å². The molecule has 0 aliphatic heterocycles. The third-order valence-corrected chi connectivity index (χ3v) is 2.69. The predicted octanol–water partition coefficient (Wildman–Crippen LogP) is 1.81. The Morgan fingerprint density at radius 3 is 2.53 bits per heavy atom. The summed E-state index contributed by atoms with van der Waals surface area (Å²) in [5, 5.41) is 12.0. The van der Waals surface area contributed by atoms with Gasteiger partial charge in [0.1, 0.15) is 0 Å². The van der Waals surface area contributed by atoms with Gasteiger partial charge in [0.2, 0.25) is 5.91 Å². The largest absolute Gasteiger partial charge is 0.399 e. The molecule has 1 amide bonds. The third kappa shape index (κ3) is 6.06. The Kier molecular flexibility index (Phi) is 6.09. The first-order chi connectivity index (χ1) is 9.01. The number of hydrogen-bond donors (Lipinski definition) is 3. The molecule has 0 fully saturated rings. The summed E-state index contributed by atoms with van der Waals surface area (Å²) in [6.45, 7) is 4.07. The lowest BCUT2D eigenvalue weighted by molar-refractivity contribution is -0.117. The average Bonchev–Trinajstić information content (AvgIpc) is 2.36. The van der Waals surface area contributed by atoms with E-state index in [-0.39, 0.29) is 18.6 Å². The zero-order chi connectivity index (χ0) is 14.3. The van der Waals surface area contributed by atoms with Crippen molar-refractivity contribution in [1.29, 1.82) is 0 Å². The number of carbonyl (C=O) groups excluding carboxylic acids is 1. The van der Waals surface area contributed by atoms with Gasteiger partial charge in [-0.15, -0.1) is 0 Å². The van der Waals surface area contributed by atoms with Crippen LogP contribution in [-0.2, 0) is 4.79 Å². The van der Waals surface area contributed by atoms with E-state index in [4.69, 9.17) is 5.73 Å². The fraction of sp³-hybridized carbons (Fsp3) is 0.400. The Bertz CT molecular complexity index is 424. The van der Waals surface area contributed by atoms with Gasteiger partial charge in [0, 0.05) is 11.8 Å². The van der Waals surface area contributed by atoms with Crippen molar-refractivity contribution in [3.63, 3.8) is 0 Å². The van der Waals surface area contributed by atoms with E-state index < -0.39 is 0 Å². The number of nitrogens with two attached hydrogens (primary N) is 1. The average molecular weight is 262 g/mol. The molecule has 0 heterocycles. The quantitative estimate of drug-likeness (QED) is 0.540. The van der Waals surface area contributed by atoms with E-state index in [1.807, 2.05) is 12.1 Å². The Balaban J connectivity index is 2.52. The zero-order valence-electron chi connectivity index (χ0n) is 11.5. The number of aliphatic hydroxyl groups is 1. The fourth-order valence-electron chi connectivity index (χ4n) is 1.78. The molecule has 4 N–H and O–H groups in total. The van der Waals surface area contributed by atoms with Gasteiger partial charge in [0.15, 0.2) is 0 Å². The number of aliphatic hydroxyl groups excluding tert-OH is 1. The molecule has 1 aromatic carbocycles. The second-order valence-electron chi connectivity index (χ2n) is 5.02. The first-order valence-corrected chi connectivity index (χ1v) is 6.46. The Labute approximate surface area is 114 Å². The van der Waals surface area contributed by atoms with E-state index >= 15 is 0 Å². The van der Waals surface area contributed by atoms with Gasteiger partial charge in [-0.2, -0.15) is 0 Å².